The van der Waals surface area contributed by atoms with Crippen LogP contribution in [0.15, 0.2) is 0 Å². The Morgan fingerprint density at radius 1 is 1.54 bits per heavy atom. The van der Waals surface area contributed by atoms with Gasteiger partial charge < -0.3 is 19.9 Å². The molecule has 0 aromatic carbocycles. The summed E-state index contributed by atoms with van der Waals surface area (Å²) in [6.07, 6.45) is 0.797. The SMILES string of the molecule is O=C(O)CC1NCCC12OCCO2. The maximum atomic E-state index is 10.5. The molecule has 2 rings (SSSR count). The van der Waals surface area contributed by atoms with Gasteiger partial charge in [-0.2, -0.15) is 0 Å². The molecule has 0 aromatic heterocycles. The monoisotopic (exact) mass is 187 g/mol. The first kappa shape index (κ1) is 8.93. The van der Waals surface area contributed by atoms with E-state index in [4.69, 9.17) is 14.6 Å². The molecule has 0 aromatic rings. The number of carbonyl (C=O) groups is 1. The first-order valence-corrected chi connectivity index (χ1v) is 4.46. The summed E-state index contributed by atoms with van der Waals surface area (Å²) >= 11 is 0. The number of ether oxygens (including phenoxy) is 2. The first-order valence-electron chi connectivity index (χ1n) is 4.46. The van der Waals surface area contributed by atoms with E-state index in [0.29, 0.717) is 13.2 Å². The zero-order valence-electron chi connectivity index (χ0n) is 7.28. The lowest BCUT2D eigenvalue weighted by Gasteiger charge is -2.27. The van der Waals surface area contributed by atoms with E-state index in [2.05, 4.69) is 5.32 Å². The van der Waals surface area contributed by atoms with Crippen LogP contribution in [0.3, 0.4) is 0 Å². The number of rotatable bonds is 2. The van der Waals surface area contributed by atoms with Crippen molar-refractivity contribution in [3.05, 3.63) is 0 Å². The molecule has 1 spiro atoms. The van der Waals surface area contributed by atoms with Gasteiger partial charge in [0.15, 0.2) is 5.79 Å². The fraction of sp³-hybridized carbons (Fsp3) is 0.875. The van der Waals surface area contributed by atoms with Gasteiger partial charge in [-0.25, -0.2) is 0 Å². The first-order chi connectivity index (χ1) is 6.23. The highest BCUT2D eigenvalue weighted by Crippen LogP contribution is 2.32. The fourth-order valence-electron chi connectivity index (χ4n) is 1.97. The zero-order chi connectivity index (χ0) is 9.31. The van der Waals surface area contributed by atoms with Gasteiger partial charge in [0, 0.05) is 13.0 Å². The second kappa shape index (κ2) is 3.25. The van der Waals surface area contributed by atoms with Crippen molar-refractivity contribution in [3.63, 3.8) is 0 Å². The van der Waals surface area contributed by atoms with Crippen LogP contribution >= 0.6 is 0 Å². The van der Waals surface area contributed by atoms with Crippen molar-refractivity contribution in [2.24, 2.45) is 0 Å². The molecule has 2 fully saturated rings. The minimum Gasteiger partial charge on any atom is -0.481 e. The Morgan fingerprint density at radius 3 is 2.85 bits per heavy atom. The van der Waals surface area contributed by atoms with Crippen molar-refractivity contribution in [2.45, 2.75) is 24.7 Å². The molecule has 2 saturated heterocycles. The van der Waals surface area contributed by atoms with E-state index in [1.165, 1.54) is 0 Å². The van der Waals surface area contributed by atoms with Crippen LogP contribution in [0, 0.1) is 0 Å². The quantitative estimate of drug-likeness (QED) is 0.613. The fourth-order valence-corrected chi connectivity index (χ4v) is 1.97. The molecule has 0 bridgehead atoms. The van der Waals surface area contributed by atoms with Crippen LogP contribution in [-0.2, 0) is 14.3 Å². The van der Waals surface area contributed by atoms with E-state index in [1.54, 1.807) is 0 Å². The van der Waals surface area contributed by atoms with Gasteiger partial charge in [-0.1, -0.05) is 0 Å². The molecule has 74 valence electrons. The average Bonchev–Trinajstić information content (AvgIpc) is 2.64. The average molecular weight is 187 g/mol. The Labute approximate surface area is 76.0 Å². The van der Waals surface area contributed by atoms with Crippen LogP contribution in [0.1, 0.15) is 12.8 Å². The van der Waals surface area contributed by atoms with Gasteiger partial charge in [-0.05, 0) is 0 Å². The van der Waals surface area contributed by atoms with Crippen LogP contribution < -0.4 is 5.32 Å². The van der Waals surface area contributed by atoms with E-state index >= 15 is 0 Å². The number of hydrogen-bond acceptors (Lipinski definition) is 4. The summed E-state index contributed by atoms with van der Waals surface area (Å²) in [5.74, 6) is -1.48. The van der Waals surface area contributed by atoms with E-state index in [-0.39, 0.29) is 12.5 Å². The largest absolute Gasteiger partial charge is 0.481 e. The Morgan fingerprint density at radius 2 is 2.23 bits per heavy atom. The van der Waals surface area contributed by atoms with Crippen LogP contribution in [0.2, 0.25) is 0 Å². The highest BCUT2D eigenvalue weighted by molar-refractivity contribution is 5.67. The van der Waals surface area contributed by atoms with Crippen molar-refractivity contribution in [1.82, 2.24) is 5.32 Å². The number of hydrogen-bond donors (Lipinski definition) is 2. The summed E-state index contributed by atoms with van der Waals surface area (Å²) in [6.45, 7) is 1.90. The van der Waals surface area contributed by atoms with Crippen molar-refractivity contribution < 1.29 is 19.4 Å². The Kier molecular flexibility index (Phi) is 2.23. The van der Waals surface area contributed by atoms with E-state index < -0.39 is 11.8 Å². The second-order valence-corrected chi connectivity index (χ2v) is 3.36. The molecule has 0 saturated carbocycles. The molecule has 1 unspecified atom stereocenters. The van der Waals surface area contributed by atoms with Crippen LogP contribution in [0.25, 0.3) is 0 Å². The van der Waals surface area contributed by atoms with Gasteiger partial charge in [0.1, 0.15) is 0 Å². The second-order valence-electron chi connectivity index (χ2n) is 3.36. The van der Waals surface area contributed by atoms with E-state index in [1.807, 2.05) is 0 Å². The topological polar surface area (TPSA) is 67.8 Å². The Balaban J connectivity index is 2.04. The van der Waals surface area contributed by atoms with Crippen LogP contribution in [0.5, 0.6) is 0 Å². The number of aliphatic carboxylic acids is 1. The standard InChI is InChI=1S/C8H13NO4/c10-7(11)5-6-8(1-2-9-6)12-3-4-13-8/h6,9H,1-5H2,(H,10,11). The molecule has 2 aliphatic rings. The van der Waals surface area contributed by atoms with Gasteiger partial charge in [0.2, 0.25) is 0 Å². The lowest BCUT2D eigenvalue weighted by molar-refractivity contribution is -0.170. The lowest BCUT2D eigenvalue weighted by Crippen LogP contribution is -2.44. The summed E-state index contributed by atoms with van der Waals surface area (Å²) in [5, 5.41) is 11.8. The van der Waals surface area contributed by atoms with Gasteiger partial charge in [0.05, 0.1) is 25.7 Å². The van der Waals surface area contributed by atoms with Crippen molar-refractivity contribution in [2.75, 3.05) is 19.8 Å². The van der Waals surface area contributed by atoms with Crippen molar-refractivity contribution >= 4 is 5.97 Å². The molecule has 0 aliphatic carbocycles. The molecule has 5 nitrogen and oxygen atoms in total. The van der Waals surface area contributed by atoms with Crippen LogP contribution in [0.4, 0.5) is 0 Å². The summed E-state index contributed by atoms with van der Waals surface area (Å²) in [7, 11) is 0. The smallest absolute Gasteiger partial charge is 0.305 e. The van der Waals surface area contributed by atoms with E-state index in [0.717, 1.165) is 13.0 Å². The van der Waals surface area contributed by atoms with E-state index in [9.17, 15) is 4.79 Å². The molecular formula is C8H13NO4. The van der Waals surface area contributed by atoms with Gasteiger partial charge in [-0.15, -0.1) is 0 Å². The maximum Gasteiger partial charge on any atom is 0.305 e. The molecule has 0 amide bonds. The third-order valence-electron chi connectivity index (χ3n) is 2.55. The zero-order valence-corrected chi connectivity index (χ0v) is 7.28. The number of nitrogens with one attached hydrogen (secondary N) is 1. The lowest BCUT2D eigenvalue weighted by atomic mass is 10.1. The molecule has 2 aliphatic heterocycles. The van der Waals surface area contributed by atoms with Gasteiger partial charge in [0.25, 0.3) is 0 Å². The molecule has 2 N–H and O–H groups in total. The molecular weight excluding hydrogens is 174 g/mol. The van der Waals surface area contributed by atoms with Crippen molar-refractivity contribution in [3.8, 4) is 0 Å². The highest BCUT2D eigenvalue weighted by atomic mass is 16.7. The third-order valence-corrected chi connectivity index (χ3v) is 2.55. The van der Waals surface area contributed by atoms with Crippen molar-refractivity contribution in [1.29, 1.82) is 0 Å². The Bertz CT molecular complexity index is 207. The van der Waals surface area contributed by atoms with Crippen LogP contribution in [-0.4, -0.2) is 42.7 Å². The number of carboxylic acids is 1. The molecule has 1 atom stereocenters. The minimum atomic E-state index is -0.821. The predicted octanol–water partition coefficient (Wildman–Crippen LogP) is -0.434. The Hall–Kier alpha value is -0.650. The highest BCUT2D eigenvalue weighted by Gasteiger charge is 2.48. The minimum absolute atomic E-state index is 0.0556. The van der Waals surface area contributed by atoms with Gasteiger partial charge in [-0.3, -0.25) is 4.79 Å². The predicted molar refractivity (Wildman–Crippen MR) is 43.3 cm³/mol. The number of carboxylic acid groups (broad SMARTS) is 1. The molecule has 5 heteroatoms. The third kappa shape index (κ3) is 1.54. The normalized spacial score (nSPS) is 31.2. The molecule has 13 heavy (non-hydrogen) atoms. The summed E-state index contributed by atoms with van der Waals surface area (Å²) < 4.78 is 10.9. The summed E-state index contributed by atoms with van der Waals surface area (Å²) in [6, 6.07) is -0.201. The maximum absolute atomic E-state index is 10.5. The molecule has 0 radical (unpaired) electrons. The summed E-state index contributed by atoms with van der Waals surface area (Å²) in [4.78, 5) is 10.5. The molecule has 2 heterocycles. The van der Waals surface area contributed by atoms with Gasteiger partial charge >= 0.3 is 5.97 Å². The summed E-state index contributed by atoms with van der Waals surface area (Å²) in [5.41, 5.74) is 0.